The van der Waals surface area contributed by atoms with E-state index < -0.39 is 0 Å². The number of carbonyl (C=O) groups is 1. The molecule has 37 heavy (non-hydrogen) atoms. The molecule has 1 amide bonds. The molecule has 0 atom stereocenters. The molecule has 0 spiro atoms. The quantitative estimate of drug-likeness (QED) is 0.336. The second-order valence-corrected chi connectivity index (χ2v) is 8.39. The van der Waals surface area contributed by atoms with Crippen molar-refractivity contribution in [1.29, 1.82) is 0 Å². The second-order valence-electron chi connectivity index (χ2n) is 8.39. The van der Waals surface area contributed by atoms with Crippen molar-refractivity contribution in [1.82, 2.24) is 24.1 Å². The summed E-state index contributed by atoms with van der Waals surface area (Å²) in [7, 11) is 1.61. The summed E-state index contributed by atoms with van der Waals surface area (Å²) < 4.78 is 8.97. The van der Waals surface area contributed by atoms with E-state index in [1.165, 1.54) is 0 Å². The third kappa shape index (κ3) is 4.43. The van der Waals surface area contributed by atoms with Gasteiger partial charge in [-0.2, -0.15) is 5.10 Å². The van der Waals surface area contributed by atoms with Crippen molar-refractivity contribution < 1.29 is 9.53 Å². The van der Waals surface area contributed by atoms with Gasteiger partial charge in [-0.3, -0.25) is 9.20 Å². The van der Waals surface area contributed by atoms with E-state index in [0.29, 0.717) is 28.5 Å². The Morgan fingerprint density at radius 1 is 0.892 bits per heavy atom. The average Bonchev–Trinajstić information content (AvgIpc) is 3.59. The molecule has 3 aromatic heterocycles. The Morgan fingerprint density at radius 2 is 1.73 bits per heavy atom. The molecule has 0 aliphatic heterocycles. The topological polar surface area (TPSA) is 86.3 Å². The summed E-state index contributed by atoms with van der Waals surface area (Å²) in [6.07, 6.45) is 7.29. The highest BCUT2D eigenvalue weighted by Gasteiger charge is 2.19. The Balaban J connectivity index is 1.31. The summed E-state index contributed by atoms with van der Waals surface area (Å²) in [5.41, 5.74) is 5.06. The number of hydrogen-bond acceptors (Lipinski definition) is 5. The Morgan fingerprint density at radius 3 is 2.51 bits per heavy atom. The number of fused-ring (bicyclic) bond motifs is 1. The zero-order valence-electron chi connectivity index (χ0n) is 19.9. The van der Waals surface area contributed by atoms with Gasteiger partial charge in [-0.05, 0) is 42.5 Å². The molecule has 0 saturated carbocycles. The minimum atomic E-state index is -0.260. The van der Waals surface area contributed by atoms with Gasteiger partial charge in [0.25, 0.3) is 5.91 Å². The van der Waals surface area contributed by atoms with Gasteiger partial charge in [-0.1, -0.05) is 42.5 Å². The SMILES string of the molecule is COc1cccc(-c2nn(-c3ccccc3)cc2C(=O)Nc2ccc(-c3cn4cccnc4n3)cc2)c1. The number of para-hydroxylation sites is 1. The minimum Gasteiger partial charge on any atom is -0.497 e. The summed E-state index contributed by atoms with van der Waals surface area (Å²) in [6, 6.07) is 26.6. The molecule has 0 aliphatic rings. The molecule has 6 rings (SSSR count). The number of aromatic nitrogens is 5. The van der Waals surface area contributed by atoms with Crippen molar-refractivity contribution in [3.05, 3.63) is 115 Å². The van der Waals surface area contributed by atoms with Crippen LogP contribution in [0.4, 0.5) is 5.69 Å². The molecular weight excluding hydrogens is 464 g/mol. The number of nitrogens with zero attached hydrogens (tertiary/aromatic N) is 5. The number of imidazole rings is 1. The monoisotopic (exact) mass is 486 g/mol. The third-order valence-electron chi connectivity index (χ3n) is 6.00. The zero-order valence-corrected chi connectivity index (χ0v) is 19.9. The summed E-state index contributed by atoms with van der Waals surface area (Å²) in [5.74, 6) is 1.07. The molecule has 0 radical (unpaired) electrons. The van der Waals surface area contributed by atoms with Gasteiger partial charge in [0.15, 0.2) is 0 Å². The fourth-order valence-corrected chi connectivity index (χ4v) is 4.13. The number of rotatable bonds is 6. The van der Waals surface area contributed by atoms with Crippen LogP contribution < -0.4 is 10.1 Å². The van der Waals surface area contributed by atoms with Gasteiger partial charge in [-0.15, -0.1) is 0 Å². The van der Waals surface area contributed by atoms with E-state index in [0.717, 1.165) is 22.5 Å². The fourth-order valence-electron chi connectivity index (χ4n) is 4.13. The van der Waals surface area contributed by atoms with Crippen LogP contribution in [0.25, 0.3) is 34.0 Å². The van der Waals surface area contributed by atoms with Crippen molar-refractivity contribution in [2.75, 3.05) is 12.4 Å². The minimum absolute atomic E-state index is 0.260. The van der Waals surface area contributed by atoms with Crippen LogP contribution in [0.2, 0.25) is 0 Å². The van der Waals surface area contributed by atoms with Crippen LogP contribution in [0, 0.1) is 0 Å². The maximum Gasteiger partial charge on any atom is 0.259 e. The number of ether oxygens (including phenoxy) is 1. The number of carbonyl (C=O) groups excluding carboxylic acids is 1. The van der Waals surface area contributed by atoms with Crippen LogP contribution in [0.1, 0.15) is 10.4 Å². The number of anilines is 1. The normalized spacial score (nSPS) is 10.9. The number of benzene rings is 3. The molecule has 3 heterocycles. The Kier molecular flexibility index (Phi) is 5.67. The Hall–Kier alpha value is -5.24. The standard InChI is InChI=1S/C29H22N6O2/c1-37-24-10-5-7-21(17-24)27-25(18-35(33-27)23-8-3-2-4-9-23)28(36)31-22-13-11-20(12-14-22)26-19-34-16-6-15-30-29(34)32-26/h2-19H,1H3,(H,31,36). The van der Waals surface area contributed by atoms with Gasteiger partial charge in [0.1, 0.15) is 11.4 Å². The summed E-state index contributed by atoms with van der Waals surface area (Å²) >= 11 is 0. The van der Waals surface area contributed by atoms with Crippen LogP contribution in [0.5, 0.6) is 5.75 Å². The first-order chi connectivity index (χ1) is 18.2. The van der Waals surface area contributed by atoms with E-state index in [1.807, 2.05) is 102 Å². The molecule has 0 fully saturated rings. The van der Waals surface area contributed by atoms with Gasteiger partial charge >= 0.3 is 0 Å². The molecule has 0 unspecified atom stereocenters. The Labute approximate surface area is 212 Å². The largest absolute Gasteiger partial charge is 0.497 e. The lowest BCUT2D eigenvalue weighted by Gasteiger charge is -2.07. The molecule has 0 bridgehead atoms. The highest BCUT2D eigenvalue weighted by atomic mass is 16.5. The van der Waals surface area contributed by atoms with Gasteiger partial charge in [-0.25, -0.2) is 14.6 Å². The lowest BCUT2D eigenvalue weighted by molar-refractivity contribution is 0.102. The van der Waals surface area contributed by atoms with Crippen molar-refractivity contribution in [2.45, 2.75) is 0 Å². The van der Waals surface area contributed by atoms with Crippen LogP contribution in [0.15, 0.2) is 110 Å². The van der Waals surface area contributed by atoms with E-state index >= 15 is 0 Å². The van der Waals surface area contributed by atoms with Gasteiger partial charge < -0.3 is 10.1 Å². The number of amides is 1. The smallest absolute Gasteiger partial charge is 0.259 e. The van der Waals surface area contributed by atoms with E-state index in [1.54, 1.807) is 24.2 Å². The second kappa shape index (κ2) is 9.43. The molecular formula is C29H22N6O2. The van der Waals surface area contributed by atoms with Gasteiger partial charge in [0.2, 0.25) is 5.78 Å². The third-order valence-corrected chi connectivity index (χ3v) is 6.00. The molecule has 1 N–H and O–H groups in total. The van der Waals surface area contributed by atoms with Crippen LogP contribution in [0.3, 0.4) is 0 Å². The van der Waals surface area contributed by atoms with Crippen molar-refractivity contribution in [3.8, 4) is 34.0 Å². The van der Waals surface area contributed by atoms with Crippen molar-refractivity contribution >= 4 is 17.4 Å². The molecule has 0 saturated heterocycles. The number of hydrogen-bond donors (Lipinski definition) is 1. The summed E-state index contributed by atoms with van der Waals surface area (Å²) in [4.78, 5) is 22.3. The average molecular weight is 487 g/mol. The number of methoxy groups -OCH3 is 1. The van der Waals surface area contributed by atoms with E-state index in [4.69, 9.17) is 9.84 Å². The predicted octanol–water partition coefficient (Wildman–Crippen LogP) is 5.51. The lowest BCUT2D eigenvalue weighted by atomic mass is 10.1. The van der Waals surface area contributed by atoms with Crippen LogP contribution in [-0.2, 0) is 0 Å². The maximum absolute atomic E-state index is 13.5. The maximum atomic E-state index is 13.5. The van der Waals surface area contributed by atoms with Crippen molar-refractivity contribution in [2.24, 2.45) is 0 Å². The van der Waals surface area contributed by atoms with E-state index in [2.05, 4.69) is 15.3 Å². The molecule has 3 aromatic carbocycles. The Bertz CT molecular complexity index is 1670. The van der Waals surface area contributed by atoms with E-state index in [9.17, 15) is 4.79 Å². The highest BCUT2D eigenvalue weighted by molar-refractivity contribution is 6.08. The van der Waals surface area contributed by atoms with Gasteiger partial charge in [0, 0.05) is 41.6 Å². The summed E-state index contributed by atoms with van der Waals surface area (Å²) in [5, 5.41) is 7.75. The predicted molar refractivity (Wildman–Crippen MR) is 142 cm³/mol. The molecule has 8 nitrogen and oxygen atoms in total. The molecule has 8 heteroatoms. The highest BCUT2D eigenvalue weighted by Crippen LogP contribution is 2.28. The number of nitrogens with one attached hydrogen (secondary N) is 1. The zero-order chi connectivity index (χ0) is 25.2. The van der Waals surface area contributed by atoms with Gasteiger partial charge in [0.05, 0.1) is 24.1 Å². The first kappa shape index (κ1) is 22.2. The molecule has 0 aliphatic carbocycles. The first-order valence-electron chi connectivity index (χ1n) is 11.7. The van der Waals surface area contributed by atoms with Crippen molar-refractivity contribution in [3.63, 3.8) is 0 Å². The van der Waals surface area contributed by atoms with E-state index in [-0.39, 0.29) is 5.91 Å². The fraction of sp³-hybridized carbons (Fsp3) is 0.0345. The lowest BCUT2D eigenvalue weighted by Crippen LogP contribution is -2.12. The summed E-state index contributed by atoms with van der Waals surface area (Å²) in [6.45, 7) is 0. The van der Waals surface area contributed by atoms with Crippen LogP contribution in [-0.4, -0.2) is 37.2 Å². The van der Waals surface area contributed by atoms with Crippen LogP contribution >= 0.6 is 0 Å². The first-order valence-corrected chi connectivity index (χ1v) is 11.7. The molecule has 180 valence electrons. The molecule has 6 aromatic rings.